The third-order valence-corrected chi connectivity index (χ3v) is 3.91. The second-order valence-corrected chi connectivity index (χ2v) is 6.96. The van der Waals surface area contributed by atoms with E-state index in [1.807, 2.05) is 19.1 Å². The summed E-state index contributed by atoms with van der Waals surface area (Å²) in [4.78, 5) is 10.5. The zero-order valence-corrected chi connectivity index (χ0v) is 22.8. The zero-order chi connectivity index (χ0) is 18.9. The van der Waals surface area contributed by atoms with Crippen molar-refractivity contribution in [1.29, 1.82) is 0 Å². The van der Waals surface area contributed by atoms with Crippen LogP contribution in [-0.4, -0.2) is 15.4 Å². The van der Waals surface area contributed by atoms with E-state index < -0.39 is 5.91 Å². The van der Waals surface area contributed by atoms with Gasteiger partial charge in [-0.25, -0.2) is 0 Å². The predicted molar refractivity (Wildman–Crippen MR) is 114 cm³/mol. The van der Waals surface area contributed by atoms with Crippen molar-refractivity contribution >= 4 is 37.0 Å². The molecule has 0 aliphatic rings. The van der Waals surface area contributed by atoms with Crippen LogP contribution >= 0.6 is 0 Å². The number of carbonyl (C=O) groups is 1. The third kappa shape index (κ3) is 8.51. The van der Waals surface area contributed by atoms with Gasteiger partial charge in [0.15, 0.2) is 0 Å². The van der Waals surface area contributed by atoms with E-state index in [-0.39, 0.29) is 50.7 Å². The maximum absolute atomic E-state index is 10.5. The van der Waals surface area contributed by atoms with Gasteiger partial charge in [0.1, 0.15) is 0 Å². The fourth-order valence-corrected chi connectivity index (χ4v) is 2.73. The minimum absolute atomic E-state index is 0. The normalized spacial score (nSPS) is 8.79. The van der Waals surface area contributed by atoms with Crippen molar-refractivity contribution in [2.45, 2.75) is 20.0 Å². The van der Waals surface area contributed by atoms with E-state index in [1.54, 1.807) is 12.1 Å². The van der Waals surface area contributed by atoms with Crippen LogP contribution in [0.25, 0.3) is 27.3 Å². The van der Waals surface area contributed by atoms with Crippen molar-refractivity contribution in [2.24, 2.45) is 0 Å². The van der Waals surface area contributed by atoms with Gasteiger partial charge in [0.2, 0.25) is 0 Å². The first-order chi connectivity index (χ1) is 12.6. The van der Waals surface area contributed by atoms with Crippen molar-refractivity contribution in [1.82, 2.24) is 0 Å². The summed E-state index contributed by atoms with van der Waals surface area (Å²) >= 11 is 0. The predicted octanol–water partition coefficient (Wildman–Crippen LogP) is 0.692. The first-order valence-corrected chi connectivity index (χ1v) is 10.5. The first kappa shape index (κ1) is 29.9. The molecule has 0 bridgehead atoms. The van der Waals surface area contributed by atoms with Gasteiger partial charge in [0, 0.05) is 15.1 Å². The standard InChI is InChI=1S/C13H9.C8H9NO.C2H6Si.2ClH.Hf/c1-3-7-12-10(5-1)9-11-6-2-4-8-13(11)12;1-6-4-2-3-5-7(6)8(9)10;1-3-2;;;/h1-9H;2-5H,1H3,(H2,9,10);1-2H3;2*1H;/q-1;;;;;+4/p-3. The molecule has 0 aliphatic carbocycles. The smallest absolute Gasteiger partial charge is 1.00 e. The molecule has 29 heavy (non-hydrogen) atoms. The molecule has 4 aromatic rings. The largest absolute Gasteiger partial charge is 4.00 e. The Balaban J connectivity index is 0. The van der Waals surface area contributed by atoms with Gasteiger partial charge >= 0.3 is 25.8 Å². The van der Waals surface area contributed by atoms with Crippen molar-refractivity contribution in [3.63, 3.8) is 0 Å². The number of fused-ring (bicyclic) bond motifs is 3. The van der Waals surface area contributed by atoms with Gasteiger partial charge in [0.25, 0.3) is 0 Å². The molecular weight excluding hydrogens is 584 g/mol. The number of aryl methyl sites for hydroxylation is 1. The molecule has 1 N–H and O–H groups in total. The summed E-state index contributed by atoms with van der Waals surface area (Å²) < 4.78 is 0. The summed E-state index contributed by atoms with van der Waals surface area (Å²) in [5.41, 5.74) is 8.17. The Morgan fingerprint density at radius 2 is 1.17 bits per heavy atom. The first-order valence-electron chi connectivity index (χ1n) is 8.51. The number of hydrogen-bond acceptors (Lipinski definition) is 1. The summed E-state index contributed by atoms with van der Waals surface area (Å²) in [5, 5.41) is 5.39. The van der Waals surface area contributed by atoms with Crippen LogP contribution in [0, 0.1) is 6.92 Å². The van der Waals surface area contributed by atoms with E-state index in [0.717, 1.165) is 15.1 Å². The summed E-state index contributed by atoms with van der Waals surface area (Å²) in [5.74, 6) is -0.613. The molecule has 0 aromatic heterocycles. The Labute approximate surface area is 207 Å². The maximum Gasteiger partial charge on any atom is 4.00 e. The topological polar surface area (TPSA) is 40.9 Å². The number of rotatable bonds is 1. The average molecular weight is 607 g/mol. The van der Waals surface area contributed by atoms with Gasteiger partial charge in [-0.1, -0.05) is 73.8 Å². The van der Waals surface area contributed by atoms with E-state index in [0.29, 0.717) is 5.56 Å². The van der Waals surface area contributed by atoms with Crippen molar-refractivity contribution in [2.75, 3.05) is 0 Å². The van der Waals surface area contributed by atoms with Crippen molar-refractivity contribution in [3.8, 4) is 0 Å². The van der Waals surface area contributed by atoms with Gasteiger partial charge in [-0.3, -0.25) is 0 Å². The van der Waals surface area contributed by atoms with Crippen LogP contribution in [0.2, 0.25) is 13.1 Å². The number of hydrogen-bond donors (Lipinski definition) is 0. The number of benzene rings is 3. The second kappa shape index (κ2) is 15.5. The van der Waals surface area contributed by atoms with Crippen LogP contribution in [-0.2, 0) is 25.8 Å². The van der Waals surface area contributed by atoms with Gasteiger partial charge in [-0.2, -0.15) is 0 Å². The van der Waals surface area contributed by atoms with E-state index >= 15 is 0 Å². The van der Waals surface area contributed by atoms with Crippen LogP contribution in [0.5, 0.6) is 0 Å². The molecule has 0 unspecified atom stereocenters. The monoisotopic (exact) mass is 607 g/mol. The number of amides is 1. The van der Waals surface area contributed by atoms with Crippen LogP contribution < -0.4 is 24.8 Å². The molecule has 4 aromatic carbocycles. The number of nitrogens with one attached hydrogen (secondary N) is 1. The third-order valence-electron chi connectivity index (χ3n) is 3.91. The minimum Gasteiger partial charge on any atom is -1.00 e. The molecule has 0 spiro atoms. The SMILES string of the molecule is C[Si]C.Cc1ccccc1C([NH-])=O.[Cl-].[Cl-].[Hf+4].c1ccc2c(c1)[cH-]c1ccccc12. The van der Waals surface area contributed by atoms with Gasteiger partial charge in [-0.05, 0) is 12.5 Å². The van der Waals surface area contributed by atoms with Gasteiger partial charge in [-0.15, -0.1) is 39.7 Å². The second-order valence-electron chi connectivity index (χ2n) is 5.96. The Morgan fingerprint density at radius 3 is 1.55 bits per heavy atom. The molecule has 0 saturated carbocycles. The number of halogens is 2. The molecule has 0 heterocycles. The average Bonchev–Trinajstić information content (AvgIpc) is 3.02. The molecule has 0 aliphatic heterocycles. The molecule has 0 atom stereocenters. The summed E-state index contributed by atoms with van der Waals surface area (Å²) in [7, 11) is 1.08. The molecule has 4 rings (SSSR count). The summed E-state index contributed by atoms with van der Waals surface area (Å²) in [6, 6.07) is 26.4. The van der Waals surface area contributed by atoms with E-state index in [4.69, 9.17) is 5.73 Å². The number of carbonyl (C=O) groups excluding carboxylic acids is 1. The fourth-order valence-electron chi connectivity index (χ4n) is 2.73. The molecule has 6 heteroatoms. The molecule has 0 saturated heterocycles. The fraction of sp³-hybridized carbons (Fsp3) is 0.130. The molecule has 148 valence electrons. The Morgan fingerprint density at radius 1 is 0.793 bits per heavy atom. The molecule has 1 amide bonds. The van der Waals surface area contributed by atoms with Crippen LogP contribution in [0.1, 0.15) is 15.9 Å². The molecule has 0 fully saturated rings. The molecule has 2 nitrogen and oxygen atoms in total. The maximum atomic E-state index is 10.5. The van der Waals surface area contributed by atoms with E-state index in [9.17, 15) is 4.79 Å². The van der Waals surface area contributed by atoms with E-state index in [1.165, 1.54) is 21.5 Å². The Bertz CT molecular complexity index is 954. The zero-order valence-electron chi connectivity index (χ0n) is 16.7. The van der Waals surface area contributed by atoms with Gasteiger partial charge < -0.3 is 35.3 Å². The van der Waals surface area contributed by atoms with Crippen LogP contribution in [0.15, 0.2) is 78.9 Å². The quantitative estimate of drug-likeness (QED) is 0.232. The van der Waals surface area contributed by atoms with E-state index in [2.05, 4.69) is 67.7 Å². The minimum atomic E-state index is -0.613. The van der Waals surface area contributed by atoms with Crippen molar-refractivity contribution < 1.29 is 55.5 Å². The van der Waals surface area contributed by atoms with Gasteiger partial charge in [0.05, 0.1) is 5.91 Å². The van der Waals surface area contributed by atoms with Crippen LogP contribution in [0.4, 0.5) is 0 Å². The molecular formula is C23H23Cl2HfNOSi. The van der Waals surface area contributed by atoms with Crippen molar-refractivity contribution in [3.05, 3.63) is 95.7 Å². The molecule has 2 radical (unpaired) electrons. The van der Waals surface area contributed by atoms with Crippen LogP contribution in [0.3, 0.4) is 0 Å². The Hall–Kier alpha value is -1.33. The summed E-state index contributed by atoms with van der Waals surface area (Å²) in [6.07, 6.45) is 0. The summed E-state index contributed by atoms with van der Waals surface area (Å²) in [6.45, 7) is 6.13. The Kier molecular flexibility index (Phi) is 16.0.